The van der Waals surface area contributed by atoms with Crippen molar-refractivity contribution in [3.05, 3.63) is 52.3 Å². The Morgan fingerprint density at radius 1 is 1.24 bits per heavy atom. The van der Waals surface area contributed by atoms with Crippen molar-refractivity contribution in [2.45, 2.75) is 19.8 Å². The molecule has 2 aromatic rings. The molecule has 21 heavy (non-hydrogen) atoms. The zero-order chi connectivity index (χ0) is 15.5. The zero-order valence-electron chi connectivity index (χ0n) is 11.0. The molecule has 3 nitrogen and oxygen atoms in total. The summed E-state index contributed by atoms with van der Waals surface area (Å²) in [6, 6.07) is 6.34. The molecule has 0 saturated carbocycles. The van der Waals surface area contributed by atoms with E-state index in [0.29, 0.717) is 11.0 Å². The van der Waals surface area contributed by atoms with Crippen molar-refractivity contribution in [3.8, 4) is 5.75 Å². The number of nitrogens with zero attached hydrogens (tertiary/aromatic N) is 1. The van der Waals surface area contributed by atoms with Gasteiger partial charge in [-0.2, -0.15) is 0 Å². The Kier molecular flexibility index (Phi) is 4.72. The molecule has 1 aromatic carbocycles. The van der Waals surface area contributed by atoms with Crippen LogP contribution in [0.1, 0.15) is 11.1 Å². The molecule has 0 amide bonds. The van der Waals surface area contributed by atoms with Crippen molar-refractivity contribution in [1.29, 1.82) is 0 Å². The van der Waals surface area contributed by atoms with Gasteiger partial charge in [-0.15, -0.1) is 13.2 Å². The highest BCUT2D eigenvalue weighted by molar-refractivity contribution is 9.10. The molecule has 0 bridgehead atoms. The number of aryl methyl sites for hydroxylation is 1. The summed E-state index contributed by atoms with van der Waals surface area (Å²) < 4.78 is 41.7. The fraction of sp³-hybridized carbons (Fsp3) is 0.214. The van der Waals surface area contributed by atoms with Crippen molar-refractivity contribution in [1.82, 2.24) is 4.98 Å². The number of benzene rings is 1. The molecular weight excluding hydrogens is 349 g/mol. The molecular formula is C14H12BrF3N2O. The summed E-state index contributed by atoms with van der Waals surface area (Å²) >= 11 is 3.12. The van der Waals surface area contributed by atoms with Gasteiger partial charge < -0.3 is 10.1 Å². The van der Waals surface area contributed by atoms with Crippen molar-refractivity contribution in [2.75, 3.05) is 5.32 Å². The first-order valence-electron chi connectivity index (χ1n) is 6.03. The molecule has 0 aliphatic rings. The lowest BCUT2D eigenvalue weighted by molar-refractivity contribution is -0.274. The number of aromatic nitrogens is 1. The largest absolute Gasteiger partial charge is 0.573 e. The Morgan fingerprint density at radius 2 is 2.00 bits per heavy atom. The SMILES string of the molecule is Cc1cncc(CNc2ccc(Br)cc2OC(F)(F)F)c1. The summed E-state index contributed by atoms with van der Waals surface area (Å²) in [6.07, 6.45) is -1.37. The fourth-order valence-corrected chi connectivity index (χ4v) is 2.10. The molecule has 7 heteroatoms. The van der Waals surface area contributed by atoms with Gasteiger partial charge in [0.2, 0.25) is 0 Å². The van der Waals surface area contributed by atoms with E-state index in [4.69, 9.17) is 0 Å². The minimum Gasteiger partial charge on any atom is -0.404 e. The minimum absolute atomic E-state index is 0.261. The number of anilines is 1. The number of pyridine rings is 1. The average molecular weight is 361 g/mol. The van der Waals surface area contributed by atoms with Gasteiger partial charge in [0.05, 0.1) is 5.69 Å². The normalized spacial score (nSPS) is 11.3. The fourth-order valence-electron chi connectivity index (χ4n) is 1.76. The van der Waals surface area contributed by atoms with Crippen LogP contribution in [0.2, 0.25) is 0 Å². The van der Waals surface area contributed by atoms with Gasteiger partial charge in [-0.3, -0.25) is 4.98 Å². The van der Waals surface area contributed by atoms with Gasteiger partial charge in [0, 0.05) is 23.4 Å². The summed E-state index contributed by atoms with van der Waals surface area (Å²) in [6.45, 7) is 2.25. The molecule has 0 aliphatic heterocycles. The summed E-state index contributed by atoms with van der Waals surface area (Å²) in [7, 11) is 0. The summed E-state index contributed by atoms with van der Waals surface area (Å²) in [5.74, 6) is -0.280. The number of hydrogen-bond donors (Lipinski definition) is 1. The van der Waals surface area contributed by atoms with Crippen LogP contribution in [-0.2, 0) is 6.54 Å². The van der Waals surface area contributed by atoms with Gasteiger partial charge in [0.25, 0.3) is 0 Å². The van der Waals surface area contributed by atoms with E-state index in [9.17, 15) is 13.2 Å². The lowest BCUT2D eigenvalue weighted by atomic mass is 10.2. The van der Waals surface area contributed by atoms with Crippen LogP contribution < -0.4 is 10.1 Å². The Morgan fingerprint density at radius 3 is 2.67 bits per heavy atom. The highest BCUT2D eigenvalue weighted by Crippen LogP contribution is 2.33. The van der Waals surface area contributed by atoms with Crippen LogP contribution in [0.5, 0.6) is 5.75 Å². The quantitative estimate of drug-likeness (QED) is 0.860. The zero-order valence-corrected chi connectivity index (χ0v) is 12.6. The molecule has 0 atom stereocenters. The van der Waals surface area contributed by atoms with Gasteiger partial charge in [-0.05, 0) is 36.2 Å². The number of alkyl halides is 3. The number of hydrogen-bond acceptors (Lipinski definition) is 3. The first-order chi connectivity index (χ1) is 9.83. The molecule has 0 unspecified atom stereocenters. The van der Waals surface area contributed by atoms with E-state index in [2.05, 4.69) is 31.0 Å². The van der Waals surface area contributed by atoms with Crippen molar-refractivity contribution >= 4 is 21.6 Å². The average Bonchev–Trinajstić information content (AvgIpc) is 2.36. The molecule has 0 saturated heterocycles. The topological polar surface area (TPSA) is 34.2 Å². The smallest absolute Gasteiger partial charge is 0.404 e. The van der Waals surface area contributed by atoms with Gasteiger partial charge in [-0.1, -0.05) is 22.0 Å². The van der Waals surface area contributed by atoms with Crippen LogP contribution in [0.15, 0.2) is 41.1 Å². The maximum Gasteiger partial charge on any atom is 0.573 e. The Labute approximate surface area is 128 Å². The third-order valence-electron chi connectivity index (χ3n) is 2.58. The van der Waals surface area contributed by atoms with E-state index < -0.39 is 6.36 Å². The summed E-state index contributed by atoms with van der Waals surface area (Å²) in [5, 5.41) is 2.92. The minimum atomic E-state index is -4.73. The highest BCUT2D eigenvalue weighted by Gasteiger charge is 2.32. The van der Waals surface area contributed by atoms with E-state index in [1.165, 1.54) is 12.1 Å². The van der Waals surface area contributed by atoms with Gasteiger partial charge in [0.1, 0.15) is 0 Å². The van der Waals surface area contributed by atoms with Crippen molar-refractivity contribution in [2.24, 2.45) is 0 Å². The molecule has 1 N–H and O–H groups in total. The predicted octanol–water partition coefficient (Wildman–Crippen LogP) is 4.66. The van der Waals surface area contributed by atoms with E-state index in [1.807, 2.05) is 13.0 Å². The molecule has 2 rings (SSSR count). The third kappa shape index (κ3) is 4.93. The standard InChI is InChI=1S/C14H12BrF3N2O/c1-9-4-10(7-19-6-9)8-20-12-3-2-11(15)5-13(12)21-14(16,17)18/h2-7,20H,8H2,1H3. The highest BCUT2D eigenvalue weighted by atomic mass is 79.9. The number of halogens is 4. The molecule has 1 aromatic heterocycles. The number of ether oxygens (including phenoxy) is 1. The Balaban J connectivity index is 2.15. The number of nitrogens with one attached hydrogen (secondary N) is 1. The lowest BCUT2D eigenvalue weighted by Gasteiger charge is -2.15. The maximum absolute atomic E-state index is 12.4. The third-order valence-corrected chi connectivity index (χ3v) is 3.08. The van der Waals surface area contributed by atoms with Crippen molar-refractivity contribution < 1.29 is 17.9 Å². The van der Waals surface area contributed by atoms with Crippen LogP contribution in [0.25, 0.3) is 0 Å². The summed E-state index contributed by atoms with van der Waals surface area (Å²) in [5.41, 5.74) is 2.12. The maximum atomic E-state index is 12.4. The van der Waals surface area contributed by atoms with Crippen LogP contribution in [0.4, 0.5) is 18.9 Å². The Hall–Kier alpha value is -1.76. The second-order valence-corrected chi connectivity index (χ2v) is 5.33. The number of rotatable bonds is 4. The predicted molar refractivity (Wildman–Crippen MR) is 77.1 cm³/mol. The summed E-state index contributed by atoms with van der Waals surface area (Å²) in [4.78, 5) is 4.03. The second-order valence-electron chi connectivity index (χ2n) is 4.41. The molecule has 0 spiro atoms. The van der Waals surface area contributed by atoms with Crippen LogP contribution in [-0.4, -0.2) is 11.3 Å². The van der Waals surface area contributed by atoms with E-state index in [-0.39, 0.29) is 11.4 Å². The van der Waals surface area contributed by atoms with Gasteiger partial charge in [0.15, 0.2) is 5.75 Å². The first kappa shape index (κ1) is 15.6. The molecule has 0 aliphatic carbocycles. The first-order valence-corrected chi connectivity index (χ1v) is 6.82. The van der Waals surface area contributed by atoms with Gasteiger partial charge in [-0.25, -0.2) is 0 Å². The van der Waals surface area contributed by atoms with Gasteiger partial charge >= 0.3 is 6.36 Å². The molecule has 0 radical (unpaired) electrons. The van der Waals surface area contributed by atoms with Crippen LogP contribution in [0, 0.1) is 6.92 Å². The van der Waals surface area contributed by atoms with Crippen LogP contribution in [0.3, 0.4) is 0 Å². The lowest BCUT2D eigenvalue weighted by Crippen LogP contribution is -2.18. The van der Waals surface area contributed by atoms with E-state index in [1.54, 1.807) is 18.5 Å². The monoisotopic (exact) mass is 360 g/mol. The molecule has 112 valence electrons. The van der Waals surface area contributed by atoms with E-state index in [0.717, 1.165) is 11.1 Å². The molecule has 1 heterocycles. The van der Waals surface area contributed by atoms with Crippen LogP contribution >= 0.6 is 15.9 Å². The van der Waals surface area contributed by atoms with E-state index >= 15 is 0 Å². The van der Waals surface area contributed by atoms with Crippen molar-refractivity contribution in [3.63, 3.8) is 0 Å². The molecule has 0 fully saturated rings. The Bertz CT molecular complexity index is 632. The second kappa shape index (κ2) is 6.34.